The third-order valence-corrected chi connectivity index (χ3v) is 3.15. The van der Waals surface area contributed by atoms with Crippen molar-refractivity contribution < 1.29 is 4.42 Å². The molecule has 0 fully saturated rings. The molecule has 0 radical (unpaired) electrons. The molecule has 2 rings (SSSR count). The van der Waals surface area contributed by atoms with Crippen LogP contribution in [0.1, 0.15) is 18.2 Å². The molecular formula is C11H13BrN4O. The quantitative estimate of drug-likeness (QED) is 0.672. The number of nitrogens with one attached hydrogen (secondary N) is 1. The molecule has 0 bridgehead atoms. The molecule has 0 aromatic carbocycles. The lowest BCUT2D eigenvalue weighted by molar-refractivity contribution is 0.575. The van der Waals surface area contributed by atoms with Crippen LogP contribution in [0.5, 0.6) is 0 Å². The van der Waals surface area contributed by atoms with Gasteiger partial charge in [0, 0.05) is 11.3 Å². The van der Waals surface area contributed by atoms with Gasteiger partial charge in [-0.05, 0) is 35.3 Å². The van der Waals surface area contributed by atoms with Crippen molar-refractivity contribution in [2.45, 2.75) is 20.3 Å². The molecule has 0 saturated heterocycles. The number of hydrogen-bond donors (Lipinski definition) is 2. The molecule has 6 heteroatoms. The van der Waals surface area contributed by atoms with Crippen LogP contribution in [-0.4, -0.2) is 9.97 Å². The normalized spacial score (nSPS) is 10.6. The van der Waals surface area contributed by atoms with E-state index in [1.807, 2.05) is 13.8 Å². The number of anilines is 1. The largest absolute Gasteiger partial charge is 0.460 e. The predicted octanol–water partition coefficient (Wildman–Crippen LogP) is 2.66. The van der Waals surface area contributed by atoms with Crippen LogP contribution in [0.25, 0.3) is 11.6 Å². The minimum absolute atomic E-state index is 0.518. The Labute approximate surface area is 108 Å². The Balaban J connectivity index is 2.58. The van der Waals surface area contributed by atoms with Gasteiger partial charge in [0.25, 0.3) is 0 Å². The number of nitrogens with two attached hydrogens (primary N) is 1. The number of nitrogens with zero attached hydrogens (tertiary/aromatic N) is 2. The highest BCUT2D eigenvalue weighted by Crippen LogP contribution is 2.28. The molecule has 0 aliphatic carbocycles. The van der Waals surface area contributed by atoms with Crippen LogP contribution in [0.3, 0.4) is 0 Å². The van der Waals surface area contributed by atoms with Crippen LogP contribution in [0.2, 0.25) is 0 Å². The molecule has 0 aliphatic heterocycles. The van der Waals surface area contributed by atoms with Crippen molar-refractivity contribution in [3.8, 4) is 11.6 Å². The van der Waals surface area contributed by atoms with Crippen LogP contribution >= 0.6 is 15.9 Å². The summed E-state index contributed by atoms with van der Waals surface area (Å²) in [7, 11) is 0. The Morgan fingerprint density at radius 2 is 2.24 bits per heavy atom. The zero-order chi connectivity index (χ0) is 12.4. The third kappa shape index (κ3) is 2.18. The van der Waals surface area contributed by atoms with Gasteiger partial charge in [0.05, 0.1) is 10.7 Å². The molecule has 5 nitrogen and oxygen atoms in total. The molecule has 90 valence electrons. The van der Waals surface area contributed by atoms with E-state index >= 15 is 0 Å². The van der Waals surface area contributed by atoms with E-state index < -0.39 is 0 Å². The summed E-state index contributed by atoms with van der Waals surface area (Å²) >= 11 is 3.38. The monoisotopic (exact) mass is 296 g/mol. The summed E-state index contributed by atoms with van der Waals surface area (Å²) in [5, 5.41) is 0. The van der Waals surface area contributed by atoms with Crippen molar-refractivity contribution >= 4 is 21.7 Å². The van der Waals surface area contributed by atoms with Gasteiger partial charge in [0.2, 0.25) is 0 Å². The zero-order valence-electron chi connectivity index (χ0n) is 9.62. The van der Waals surface area contributed by atoms with Crippen molar-refractivity contribution in [2.75, 3.05) is 5.43 Å². The van der Waals surface area contributed by atoms with Crippen LogP contribution in [0.15, 0.2) is 21.2 Å². The summed E-state index contributed by atoms with van der Waals surface area (Å²) in [5.41, 5.74) is 4.51. The van der Waals surface area contributed by atoms with Gasteiger partial charge in [-0.3, -0.25) is 0 Å². The summed E-state index contributed by atoms with van der Waals surface area (Å²) in [6.45, 7) is 3.97. The standard InChI is InChI=1S/C11H13BrN4O/c1-3-7-6(2)14-11(15-10(7)16-13)9-8(12)4-5-17-9/h4-5H,3,13H2,1-2H3,(H,14,15,16). The molecule has 0 spiro atoms. The number of hydrogen-bond acceptors (Lipinski definition) is 5. The average Bonchev–Trinajstić information content (AvgIpc) is 2.74. The lowest BCUT2D eigenvalue weighted by atomic mass is 10.1. The smallest absolute Gasteiger partial charge is 0.199 e. The summed E-state index contributed by atoms with van der Waals surface area (Å²) in [6, 6.07) is 1.80. The zero-order valence-corrected chi connectivity index (χ0v) is 11.2. The average molecular weight is 297 g/mol. The molecule has 0 aliphatic rings. The fraction of sp³-hybridized carbons (Fsp3) is 0.273. The van der Waals surface area contributed by atoms with Crippen LogP contribution in [-0.2, 0) is 6.42 Å². The third-order valence-electron chi connectivity index (χ3n) is 2.52. The Kier molecular flexibility index (Phi) is 3.44. The number of rotatable bonds is 3. The SMILES string of the molecule is CCc1c(C)nc(-c2occc2Br)nc1NN. The molecule has 17 heavy (non-hydrogen) atoms. The van der Waals surface area contributed by atoms with E-state index in [2.05, 4.69) is 31.3 Å². The summed E-state index contributed by atoms with van der Waals surface area (Å²) in [6.07, 6.45) is 2.41. The first-order chi connectivity index (χ1) is 8.17. The van der Waals surface area contributed by atoms with Gasteiger partial charge in [0.1, 0.15) is 5.82 Å². The summed E-state index contributed by atoms with van der Waals surface area (Å²) < 4.78 is 6.16. The van der Waals surface area contributed by atoms with E-state index in [1.54, 1.807) is 12.3 Å². The minimum atomic E-state index is 0.518. The first-order valence-corrected chi connectivity index (χ1v) is 6.04. The molecular weight excluding hydrogens is 284 g/mol. The molecule has 2 aromatic heterocycles. The van der Waals surface area contributed by atoms with Gasteiger partial charge in [-0.2, -0.15) is 0 Å². The van der Waals surface area contributed by atoms with Gasteiger partial charge in [-0.25, -0.2) is 15.8 Å². The molecule has 0 saturated carbocycles. The summed E-state index contributed by atoms with van der Waals surface area (Å²) in [5.74, 6) is 7.23. The topological polar surface area (TPSA) is 77.0 Å². The highest BCUT2D eigenvalue weighted by atomic mass is 79.9. The Morgan fingerprint density at radius 3 is 2.76 bits per heavy atom. The van der Waals surface area contributed by atoms with Crippen LogP contribution < -0.4 is 11.3 Å². The van der Waals surface area contributed by atoms with Gasteiger partial charge < -0.3 is 9.84 Å². The van der Waals surface area contributed by atoms with Gasteiger partial charge in [0.15, 0.2) is 11.6 Å². The lowest BCUT2D eigenvalue weighted by Crippen LogP contribution is -2.13. The lowest BCUT2D eigenvalue weighted by Gasteiger charge is -2.10. The van der Waals surface area contributed by atoms with E-state index in [0.717, 1.165) is 22.2 Å². The van der Waals surface area contributed by atoms with Gasteiger partial charge in [-0.15, -0.1) is 0 Å². The number of halogens is 1. The summed E-state index contributed by atoms with van der Waals surface area (Å²) in [4.78, 5) is 8.78. The van der Waals surface area contributed by atoms with Gasteiger partial charge >= 0.3 is 0 Å². The number of aryl methyl sites for hydroxylation is 1. The first kappa shape index (κ1) is 12.1. The van der Waals surface area contributed by atoms with E-state index in [4.69, 9.17) is 10.3 Å². The Bertz CT molecular complexity index is 538. The van der Waals surface area contributed by atoms with Crippen molar-refractivity contribution in [1.29, 1.82) is 0 Å². The minimum Gasteiger partial charge on any atom is -0.460 e. The van der Waals surface area contributed by atoms with E-state index in [1.165, 1.54) is 0 Å². The van der Waals surface area contributed by atoms with Crippen LogP contribution in [0, 0.1) is 6.92 Å². The second-order valence-electron chi connectivity index (χ2n) is 3.56. The predicted molar refractivity (Wildman–Crippen MR) is 69.4 cm³/mol. The highest BCUT2D eigenvalue weighted by Gasteiger charge is 2.15. The molecule has 2 heterocycles. The van der Waals surface area contributed by atoms with Crippen molar-refractivity contribution in [3.63, 3.8) is 0 Å². The highest BCUT2D eigenvalue weighted by molar-refractivity contribution is 9.10. The van der Waals surface area contributed by atoms with E-state index in [0.29, 0.717) is 17.4 Å². The molecule has 2 aromatic rings. The van der Waals surface area contributed by atoms with Crippen molar-refractivity contribution in [1.82, 2.24) is 9.97 Å². The number of nitrogen functional groups attached to an aromatic ring is 1. The maximum atomic E-state index is 5.47. The Morgan fingerprint density at radius 1 is 1.47 bits per heavy atom. The molecule has 0 unspecified atom stereocenters. The molecule has 0 amide bonds. The molecule has 3 N–H and O–H groups in total. The molecule has 0 atom stereocenters. The van der Waals surface area contributed by atoms with E-state index in [-0.39, 0.29) is 0 Å². The second-order valence-corrected chi connectivity index (χ2v) is 4.41. The fourth-order valence-electron chi connectivity index (χ4n) is 1.69. The van der Waals surface area contributed by atoms with E-state index in [9.17, 15) is 0 Å². The maximum Gasteiger partial charge on any atom is 0.199 e. The number of aromatic nitrogens is 2. The van der Waals surface area contributed by atoms with Crippen molar-refractivity contribution in [3.05, 3.63) is 28.1 Å². The maximum absolute atomic E-state index is 5.47. The Hall–Kier alpha value is -1.40. The van der Waals surface area contributed by atoms with Gasteiger partial charge in [-0.1, -0.05) is 6.92 Å². The number of hydrazine groups is 1. The fourth-order valence-corrected chi connectivity index (χ4v) is 2.07. The van der Waals surface area contributed by atoms with Crippen molar-refractivity contribution in [2.24, 2.45) is 5.84 Å². The second kappa shape index (κ2) is 4.85. The number of furan rings is 1. The first-order valence-electron chi connectivity index (χ1n) is 5.24. The van der Waals surface area contributed by atoms with Crippen LogP contribution in [0.4, 0.5) is 5.82 Å².